The van der Waals surface area contributed by atoms with Crippen molar-refractivity contribution in [3.8, 4) is 22.9 Å². The SMILES string of the molecule is CCCCn1c(-c2ccccc2)nc(Cl)c1CN(Cc1ccc2c(c1)OCCO2)CC1CC1C(=O)OCC. The van der Waals surface area contributed by atoms with Gasteiger partial charge in [0.05, 0.1) is 18.2 Å². The van der Waals surface area contributed by atoms with Gasteiger partial charge in [0, 0.05) is 31.7 Å². The fraction of sp³-hybridized carbons (Fsp3) is 0.467. The van der Waals surface area contributed by atoms with Crippen LogP contribution < -0.4 is 9.47 Å². The Labute approximate surface area is 229 Å². The highest BCUT2D eigenvalue weighted by atomic mass is 35.5. The van der Waals surface area contributed by atoms with E-state index in [9.17, 15) is 4.79 Å². The average Bonchev–Trinajstić information content (AvgIpc) is 3.64. The van der Waals surface area contributed by atoms with Crippen molar-refractivity contribution in [3.05, 3.63) is 64.9 Å². The van der Waals surface area contributed by atoms with Crippen LogP contribution in [0, 0.1) is 11.8 Å². The van der Waals surface area contributed by atoms with Gasteiger partial charge in [0.25, 0.3) is 0 Å². The van der Waals surface area contributed by atoms with Crippen LogP contribution in [0.4, 0.5) is 0 Å². The number of carbonyl (C=O) groups excluding carboxylic acids is 1. The van der Waals surface area contributed by atoms with Gasteiger partial charge >= 0.3 is 5.97 Å². The zero-order valence-electron chi connectivity index (χ0n) is 22.2. The number of rotatable bonds is 12. The van der Waals surface area contributed by atoms with Crippen LogP contribution in [0.3, 0.4) is 0 Å². The Morgan fingerprint density at radius 1 is 1.11 bits per heavy atom. The summed E-state index contributed by atoms with van der Waals surface area (Å²) in [6.45, 7) is 8.52. The quantitative estimate of drug-likeness (QED) is 0.265. The molecule has 2 heterocycles. The van der Waals surface area contributed by atoms with E-state index in [0.717, 1.165) is 66.5 Å². The third kappa shape index (κ3) is 6.16. The highest BCUT2D eigenvalue weighted by molar-refractivity contribution is 6.30. The lowest BCUT2D eigenvalue weighted by Gasteiger charge is -2.25. The maximum atomic E-state index is 12.4. The van der Waals surface area contributed by atoms with Crippen LogP contribution in [0.25, 0.3) is 11.4 Å². The molecule has 0 amide bonds. The van der Waals surface area contributed by atoms with Crippen LogP contribution in [0.1, 0.15) is 44.4 Å². The number of imidazole rings is 1. The van der Waals surface area contributed by atoms with Gasteiger partial charge in [-0.05, 0) is 43.4 Å². The Kier molecular flexibility index (Phi) is 8.55. The van der Waals surface area contributed by atoms with Crippen molar-refractivity contribution in [1.82, 2.24) is 14.5 Å². The number of nitrogens with zero attached hydrogens (tertiary/aromatic N) is 3. The number of esters is 1. The van der Waals surface area contributed by atoms with Gasteiger partial charge in [0.15, 0.2) is 16.7 Å². The summed E-state index contributed by atoms with van der Waals surface area (Å²) in [4.78, 5) is 19.5. The van der Waals surface area contributed by atoms with Crippen molar-refractivity contribution >= 4 is 17.6 Å². The molecule has 1 saturated carbocycles. The summed E-state index contributed by atoms with van der Waals surface area (Å²) < 4.78 is 19.1. The molecule has 0 radical (unpaired) electrons. The zero-order valence-corrected chi connectivity index (χ0v) is 23.0. The molecule has 3 aromatic rings. The average molecular weight is 538 g/mol. The van der Waals surface area contributed by atoms with Crippen molar-refractivity contribution in [2.24, 2.45) is 11.8 Å². The Hall–Kier alpha value is -3.03. The molecule has 0 spiro atoms. The van der Waals surface area contributed by atoms with E-state index >= 15 is 0 Å². The van der Waals surface area contributed by atoms with Crippen molar-refractivity contribution in [1.29, 1.82) is 0 Å². The lowest BCUT2D eigenvalue weighted by atomic mass is 10.1. The fourth-order valence-corrected chi connectivity index (χ4v) is 5.37. The maximum absolute atomic E-state index is 12.4. The van der Waals surface area contributed by atoms with E-state index < -0.39 is 0 Å². The Morgan fingerprint density at radius 2 is 1.89 bits per heavy atom. The lowest BCUT2D eigenvalue weighted by Crippen LogP contribution is -2.28. The predicted octanol–water partition coefficient (Wildman–Crippen LogP) is 5.98. The molecule has 7 nitrogen and oxygen atoms in total. The summed E-state index contributed by atoms with van der Waals surface area (Å²) in [5.41, 5.74) is 3.19. The second kappa shape index (κ2) is 12.2. The summed E-state index contributed by atoms with van der Waals surface area (Å²) >= 11 is 6.82. The fourth-order valence-electron chi connectivity index (χ4n) is 5.13. The van der Waals surface area contributed by atoms with Crippen LogP contribution >= 0.6 is 11.6 Å². The van der Waals surface area contributed by atoms with Gasteiger partial charge in [-0.25, -0.2) is 4.98 Å². The molecule has 1 aliphatic carbocycles. The smallest absolute Gasteiger partial charge is 0.309 e. The molecule has 1 aromatic heterocycles. The molecular weight excluding hydrogens is 502 g/mol. The van der Waals surface area contributed by atoms with Gasteiger partial charge in [0.1, 0.15) is 19.0 Å². The van der Waals surface area contributed by atoms with E-state index in [0.29, 0.717) is 38.1 Å². The molecule has 0 saturated heterocycles. The van der Waals surface area contributed by atoms with E-state index in [1.807, 2.05) is 31.2 Å². The van der Waals surface area contributed by atoms with E-state index in [2.05, 4.69) is 40.7 Å². The first-order chi connectivity index (χ1) is 18.6. The number of hydrogen-bond donors (Lipinski definition) is 0. The van der Waals surface area contributed by atoms with Gasteiger partial charge in [0.2, 0.25) is 0 Å². The zero-order chi connectivity index (χ0) is 26.5. The molecular formula is C30H36ClN3O4. The number of carbonyl (C=O) groups is 1. The van der Waals surface area contributed by atoms with Crippen molar-refractivity contribution < 1.29 is 19.0 Å². The lowest BCUT2D eigenvalue weighted by molar-refractivity contribution is -0.145. The number of halogens is 1. The van der Waals surface area contributed by atoms with E-state index in [4.69, 9.17) is 30.8 Å². The Bertz CT molecular complexity index is 1250. The number of hydrogen-bond acceptors (Lipinski definition) is 6. The summed E-state index contributed by atoms with van der Waals surface area (Å²) in [5, 5.41) is 0.532. The second-order valence-electron chi connectivity index (χ2n) is 10.0. The first kappa shape index (κ1) is 26.6. The van der Waals surface area contributed by atoms with Crippen LogP contribution in [-0.4, -0.2) is 46.8 Å². The largest absolute Gasteiger partial charge is 0.486 e. The highest BCUT2D eigenvalue weighted by Crippen LogP contribution is 2.41. The number of unbranched alkanes of at least 4 members (excludes halogenated alkanes) is 1. The molecule has 1 aliphatic heterocycles. The third-order valence-electron chi connectivity index (χ3n) is 7.18. The molecule has 5 rings (SSSR count). The third-order valence-corrected chi connectivity index (χ3v) is 7.48. The minimum Gasteiger partial charge on any atom is -0.486 e. The molecule has 2 aromatic carbocycles. The standard InChI is InChI=1S/C30H36ClN3O4/c1-3-5-13-34-25(28(31)32-29(34)22-9-7-6-8-10-22)20-33(19-23-17-24(23)30(35)36-4-2)18-21-11-12-26-27(16-21)38-15-14-37-26/h6-12,16,23-24H,3-5,13-15,17-20H2,1-2H3. The summed E-state index contributed by atoms with van der Waals surface area (Å²) in [6, 6.07) is 16.3. The maximum Gasteiger partial charge on any atom is 0.309 e. The normalized spacial score (nSPS) is 18.0. The molecule has 8 heteroatoms. The van der Waals surface area contributed by atoms with Crippen molar-refractivity contribution in [2.75, 3.05) is 26.4 Å². The molecule has 0 bridgehead atoms. The Balaban J connectivity index is 1.42. The first-order valence-corrected chi connectivity index (χ1v) is 14.0. The summed E-state index contributed by atoms with van der Waals surface area (Å²) in [6.07, 6.45) is 2.97. The van der Waals surface area contributed by atoms with Gasteiger partial charge < -0.3 is 18.8 Å². The first-order valence-electron chi connectivity index (χ1n) is 13.6. The molecule has 0 N–H and O–H groups in total. The molecule has 2 atom stereocenters. The Morgan fingerprint density at radius 3 is 2.66 bits per heavy atom. The van der Waals surface area contributed by atoms with Crippen LogP contribution in [0.5, 0.6) is 11.5 Å². The van der Waals surface area contributed by atoms with Crippen LogP contribution in [0.2, 0.25) is 5.15 Å². The number of benzene rings is 2. The monoisotopic (exact) mass is 537 g/mol. The van der Waals surface area contributed by atoms with Gasteiger partial charge in [-0.1, -0.05) is 61.3 Å². The number of fused-ring (bicyclic) bond motifs is 1. The number of aromatic nitrogens is 2. The minimum atomic E-state index is -0.0887. The summed E-state index contributed by atoms with van der Waals surface area (Å²) in [7, 11) is 0. The van der Waals surface area contributed by atoms with E-state index in [-0.39, 0.29) is 17.8 Å². The number of ether oxygens (including phenoxy) is 3. The molecule has 2 aliphatic rings. The van der Waals surface area contributed by atoms with Crippen molar-refractivity contribution in [3.63, 3.8) is 0 Å². The second-order valence-corrected chi connectivity index (χ2v) is 10.4. The molecule has 1 fully saturated rings. The predicted molar refractivity (Wildman–Crippen MR) is 147 cm³/mol. The minimum absolute atomic E-state index is 0.0296. The van der Waals surface area contributed by atoms with Crippen LogP contribution in [-0.2, 0) is 29.2 Å². The summed E-state index contributed by atoms with van der Waals surface area (Å²) in [5.74, 6) is 2.61. The van der Waals surface area contributed by atoms with Gasteiger partial charge in [-0.3, -0.25) is 9.69 Å². The van der Waals surface area contributed by atoms with Gasteiger partial charge in [-0.2, -0.15) is 0 Å². The molecule has 38 heavy (non-hydrogen) atoms. The molecule has 2 unspecified atom stereocenters. The van der Waals surface area contributed by atoms with Crippen LogP contribution in [0.15, 0.2) is 48.5 Å². The van der Waals surface area contributed by atoms with E-state index in [1.54, 1.807) is 0 Å². The molecule has 202 valence electrons. The van der Waals surface area contributed by atoms with Gasteiger partial charge in [-0.15, -0.1) is 0 Å². The van der Waals surface area contributed by atoms with Crippen molar-refractivity contribution in [2.45, 2.75) is 52.7 Å². The topological polar surface area (TPSA) is 65.8 Å². The van der Waals surface area contributed by atoms with E-state index in [1.165, 1.54) is 0 Å². The highest BCUT2D eigenvalue weighted by Gasteiger charge is 2.45.